The number of nitrogens with zero attached hydrogens (tertiary/aromatic N) is 1. The van der Waals surface area contributed by atoms with Gasteiger partial charge in [-0.15, -0.1) is 11.8 Å². The lowest BCUT2D eigenvalue weighted by Crippen LogP contribution is -2.43. The van der Waals surface area contributed by atoms with Crippen LogP contribution >= 0.6 is 11.8 Å². The molecule has 0 aliphatic carbocycles. The standard InChI is InChI=1S/C14H15NO4S/c16-8-5-11(14(18)19)15(6-8)13(17)10-7-20-12-4-2-1-3-9(10)12/h1-4,8,10-11,16H,5-7H2,(H,18,19)/t8-,10?,11-/m0/s1. The van der Waals surface area contributed by atoms with Gasteiger partial charge in [-0.3, -0.25) is 4.79 Å². The Balaban J connectivity index is 1.85. The molecular formula is C14H15NO4S. The number of aliphatic hydroxyl groups excluding tert-OH is 1. The summed E-state index contributed by atoms with van der Waals surface area (Å²) in [5, 5.41) is 18.8. The van der Waals surface area contributed by atoms with E-state index in [1.807, 2.05) is 24.3 Å². The zero-order chi connectivity index (χ0) is 14.3. The molecule has 1 unspecified atom stereocenters. The number of rotatable bonds is 2. The molecule has 3 atom stereocenters. The second kappa shape index (κ2) is 5.10. The van der Waals surface area contributed by atoms with Crippen molar-refractivity contribution in [2.45, 2.75) is 29.4 Å². The van der Waals surface area contributed by atoms with Crippen LogP contribution in [0.5, 0.6) is 0 Å². The number of amides is 1. The third-order valence-corrected chi connectivity index (χ3v) is 5.03. The van der Waals surface area contributed by atoms with Gasteiger partial charge in [-0.1, -0.05) is 18.2 Å². The van der Waals surface area contributed by atoms with E-state index in [1.165, 1.54) is 4.90 Å². The highest BCUT2D eigenvalue weighted by atomic mass is 32.2. The molecule has 2 aliphatic heterocycles. The molecule has 5 nitrogen and oxygen atoms in total. The van der Waals surface area contributed by atoms with Crippen molar-refractivity contribution in [3.05, 3.63) is 29.8 Å². The molecule has 1 amide bonds. The number of aliphatic hydroxyl groups is 1. The molecule has 6 heteroatoms. The van der Waals surface area contributed by atoms with E-state index in [2.05, 4.69) is 0 Å². The molecule has 0 bridgehead atoms. The smallest absolute Gasteiger partial charge is 0.326 e. The fourth-order valence-electron chi connectivity index (χ4n) is 2.86. The van der Waals surface area contributed by atoms with Gasteiger partial charge in [-0.25, -0.2) is 4.79 Å². The number of carboxylic acids is 1. The van der Waals surface area contributed by atoms with Gasteiger partial charge in [-0.2, -0.15) is 0 Å². The van der Waals surface area contributed by atoms with Crippen LogP contribution in [0.3, 0.4) is 0 Å². The fraction of sp³-hybridized carbons (Fsp3) is 0.429. The van der Waals surface area contributed by atoms with Crippen molar-refractivity contribution in [3.8, 4) is 0 Å². The molecule has 1 aromatic rings. The summed E-state index contributed by atoms with van der Waals surface area (Å²) >= 11 is 1.62. The van der Waals surface area contributed by atoms with Crippen molar-refractivity contribution < 1.29 is 19.8 Å². The molecule has 1 aromatic carbocycles. The molecule has 0 radical (unpaired) electrons. The Morgan fingerprint density at radius 3 is 2.80 bits per heavy atom. The van der Waals surface area contributed by atoms with Crippen LogP contribution in [0.2, 0.25) is 0 Å². The summed E-state index contributed by atoms with van der Waals surface area (Å²) in [6.07, 6.45) is -0.632. The minimum Gasteiger partial charge on any atom is -0.480 e. The molecule has 1 fully saturated rings. The van der Waals surface area contributed by atoms with Crippen LogP contribution in [-0.2, 0) is 9.59 Å². The van der Waals surface area contributed by atoms with E-state index >= 15 is 0 Å². The molecule has 0 saturated carbocycles. The summed E-state index contributed by atoms with van der Waals surface area (Å²) in [6.45, 7) is 0.110. The van der Waals surface area contributed by atoms with Crippen molar-refractivity contribution in [3.63, 3.8) is 0 Å². The summed E-state index contributed by atoms with van der Waals surface area (Å²) in [7, 11) is 0. The van der Waals surface area contributed by atoms with Crippen LogP contribution in [0.25, 0.3) is 0 Å². The zero-order valence-electron chi connectivity index (χ0n) is 10.7. The summed E-state index contributed by atoms with van der Waals surface area (Å²) in [4.78, 5) is 26.2. The number of fused-ring (bicyclic) bond motifs is 1. The van der Waals surface area contributed by atoms with Crippen molar-refractivity contribution in [1.29, 1.82) is 0 Å². The summed E-state index contributed by atoms with van der Waals surface area (Å²) in [5.74, 6) is -0.902. The quantitative estimate of drug-likeness (QED) is 0.848. The van der Waals surface area contributed by atoms with Crippen LogP contribution in [0.1, 0.15) is 17.9 Å². The highest BCUT2D eigenvalue weighted by molar-refractivity contribution is 7.99. The van der Waals surface area contributed by atoms with Gasteiger partial charge in [0.25, 0.3) is 0 Å². The minimum atomic E-state index is -1.05. The van der Waals surface area contributed by atoms with E-state index in [0.717, 1.165) is 10.5 Å². The molecule has 0 spiro atoms. The van der Waals surface area contributed by atoms with Crippen LogP contribution in [0, 0.1) is 0 Å². The van der Waals surface area contributed by atoms with Gasteiger partial charge in [0.05, 0.1) is 12.0 Å². The van der Waals surface area contributed by atoms with E-state index in [9.17, 15) is 19.8 Å². The predicted octanol–water partition coefficient (Wildman–Crippen LogP) is 0.922. The summed E-state index contributed by atoms with van der Waals surface area (Å²) in [5.41, 5.74) is 0.966. The number of likely N-dealkylation sites (tertiary alicyclic amines) is 1. The maximum atomic E-state index is 12.6. The summed E-state index contributed by atoms with van der Waals surface area (Å²) < 4.78 is 0. The van der Waals surface area contributed by atoms with E-state index in [4.69, 9.17) is 0 Å². The number of carboxylic acid groups (broad SMARTS) is 1. The number of β-amino-alcohol motifs (C(OH)–C–C–N with tert-alkyl or cyclic N) is 1. The zero-order valence-corrected chi connectivity index (χ0v) is 11.5. The van der Waals surface area contributed by atoms with Gasteiger partial charge >= 0.3 is 5.97 Å². The van der Waals surface area contributed by atoms with Gasteiger partial charge in [0.2, 0.25) is 5.91 Å². The number of carbonyl (C=O) groups excluding carboxylic acids is 1. The molecule has 2 aliphatic rings. The van der Waals surface area contributed by atoms with Gasteiger partial charge in [0.1, 0.15) is 6.04 Å². The average molecular weight is 293 g/mol. The highest BCUT2D eigenvalue weighted by Crippen LogP contribution is 2.41. The van der Waals surface area contributed by atoms with Crippen LogP contribution in [0.15, 0.2) is 29.2 Å². The maximum absolute atomic E-state index is 12.6. The molecule has 106 valence electrons. The molecule has 1 saturated heterocycles. The lowest BCUT2D eigenvalue weighted by atomic mass is 9.99. The number of hydrogen-bond donors (Lipinski definition) is 2. The second-order valence-electron chi connectivity index (χ2n) is 5.14. The third kappa shape index (κ3) is 2.19. The van der Waals surface area contributed by atoms with Crippen molar-refractivity contribution >= 4 is 23.6 Å². The van der Waals surface area contributed by atoms with E-state index in [0.29, 0.717) is 5.75 Å². The molecule has 2 N–H and O–H groups in total. The Labute approximate surface area is 120 Å². The van der Waals surface area contributed by atoms with Crippen LogP contribution in [0.4, 0.5) is 0 Å². The first-order chi connectivity index (χ1) is 9.58. The largest absolute Gasteiger partial charge is 0.480 e. The number of hydrogen-bond acceptors (Lipinski definition) is 4. The Morgan fingerprint density at radius 1 is 1.30 bits per heavy atom. The normalized spacial score (nSPS) is 28.4. The van der Waals surface area contributed by atoms with E-state index in [1.54, 1.807) is 11.8 Å². The number of carbonyl (C=O) groups is 2. The lowest BCUT2D eigenvalue weighted by Gasteiger charge is -2.24. The predicted molar refractivity (Wildman–Crippen MR) is 73.7 cm³/mol. The average Bonchev–Trinajstić information content (AvgIpc) is 3.01. The molecule has 0 aromatic heterocycles. The molecule has 2 heterocycles. The first-order valence-corrected chi connectivity index (χ1v) is 7.49. The van der Waals surface area contributed by atoms with E-state index in [-0.39, 0.29) is 24.8 Å². The SMILES string of the molecule is O=C(O)[C@@H]1C[C@H](O)CN1C(=O)C1CSc2ccccc21. The fourth-order valence-corrected chi connectivity index (χ4v) is 4.08. The van der Waals surface area contributed by atoms with Crippen molar-refractivity contribution in [2.24, 2.45) is 0 Å². The Hall–Kier alpha value is -1.53. The van der Waals surface area contributed by atoms with Crippen LogP contribution in [-0.4, -0.2) is 51.4 Å². The third-order valence-electron chi connectivity index (χ3n) is 3.85. The Bertz CT molecular complexity index is 562. The van der Waals surface area contributed by atoms with Crippen LogP contribution < -0.4 is 0 Å². The Morgan fingerprint density at radius 2 is 2.05 bits per heavy atom. The lowest BCUT2D eigenvalue weighted by molar-refractivity contribution is -0.148. The number of benzene rings is 1. The van der Waals surface area contributed by atoms with Crippen molar-refractivity contribution in [1.82, 2.24) is 4.90 Å². The van der Waals surface area contributed by atoms with Gasteiger partial charge < -0.3 is 15.1 Å². The molecular weight excluding hydrogens is 278 g/mol. The van der Waals surface area contributed by atoms with Crippen molar-refractivity contribution in [2.75, 3.05) is 12.3 Å². The second-order valence-corrected chi connectivity index (χ2v) is 6.20. The van der Waals surface area contributed by atoms with E-state index < -0.39 is 18.1 Å². The number of aliphatic carboxylic acids is 1. The highest BCUT2D eigenvalue weighted by Gasteiger charge is 2.42. The summed E-state index contributed by atoms with van der Waals surface area (Å²) in [6, 6.07) is 6.80. The first kappa shape index (κ1) is 13.5. The maximum Gasteiger partial charge on any atom is 0.326 e. The Kier molecular flexibility index (Phi) is 3.43. The topological polar surface area (TPSA) is 77.8 Å². The molecule has 3 rings (SSSR count). The molecule has 20 heavy (non-hydrogen) atoms. The number of thioether (sulfide) groups is 1. The monoisotopic (exact) mass is 293 g/mol. The minimum absolute atomic E-state index is 0.110. The first-order valence-electron chi connectivity index (χ1n) is 6.51. The van der Waals surface area contributed by atoms with Gasteiger partial charge in [-0.05, 0) is 11.6 Å². The van der Waals surface area contributed by atoms with Gasteiger partial charge in [0.15, 0.2) is 0 Å². The van der Waals surface area contributed by atoms with Gasteiger partial charge in [0, 0.05) is 23.6 Å².